The van der Waals surface area contributed by atoms with Gasteiger partial charge < -0.3 is 19.9 Å². The molecule has 0 spiro atoms. The molecule has 1 aliphatic rings. The zero-order valence-corrected chi connectivity index (χ0v) is 15.4. The number of carboxylic acid groups (broad SMARTS) is 1. The fourth-order valence-electron chi connectivity index (χ4n) is 2.46. The highest BCUT2D eigenvalue weighted by Crippen LogP contribution is 2.37. The first-order valence-electron chi connectivity index (χ1n) is 8.18. The third-order valence-electron chi connectivity index (χ3n) is 4.14. The summed E-state index contributed by atoms with van der Waals surface area (Å²) in [5.74, 6) is -6.40. The minimum Gasteiger partial charge on any atom is -0.480 e. The minimum atomic E-state index is -4.97. The number of halogens is 6. The number of rotatable bonds is 6. The van der Waals surface area contributed by atoms with Gasteiger partial charge in [0.2, 0.25) is 0 Å². The van der Waals surface area contributed by atoms with Gasteiger partial charge in [0.1, 0.15) is 22.9 Å². The van der Waals surface area contributed by atoms with Crippen LogP contribution in [0.15, 0.2) is 30.3 Å². The second-order valence-corrected chi connectivity index (χ2v) is 6.75. The van der Waals surface area contributed by atoms with E-state index in [-0.39, 0.29) is 18.6 Å². The Labute approximate surface area is 170 Å². The number of alkyl halides is 3. The first-order valence-corrected chi connectivity index (χ1v) is 8.56. The number of aliphatic carboxylic acids is 1. The van der Waals surface area contributed by atoms with Crippen LogP contribution >= 0.6 is 11.6 Å². The number of benzene rings is 2. The maximum atomic E-state index is 14.3. The van der Waals surface area contributed by atoms with Gasteiger partial charge in [-0.15, -0.1) is 13.2 Å². The van der Waals surface area contributed by atoms with E-state index in [0.29, 0.717) is 12.1 Å². The highest BCUT2D eigenvalue weighted by atomic mass is 35.5. The molecule has 2 aromatic rings. The number of hydrogen-bond acceptors (Lipinski definition) is 4. The van der Waals surface area contributed by atoms with E-state index in [1.54, 1.807) is 0 Å². The highest BCUT2D eigenvalue weighted by Gasteiger charge is 2.52. The summed E-state index contributed by atoms with van der Waals surface area (Å²) in [5.41, 5.74) is -2.23. The number of amides is 1. The molecule has 0 unspecified atom stereocenters. The molecule has 0 bridgehead atoms. The molecule has 2 N–H and O–H groups in total. The topological polar surface area (TPSA) is 84.9 Å². The lowest BCUT2D eigenvalue weighted by Crippen LogP contribution is -2.43. The van der Waals surface area contributed by atoms with Crippen LogP contribution in [0.3, 0.4) is 0 Å². The Morgan fingerprint density at radius 3 is 2.27 bits per heavy atom. The van der Waals surface area contributed by atoms with Crippen molar-refractivity contribution in [1.29, 1.82) is 0 Å². The lowest BCUT2D eigenvalue weighted by Gasteiger charge is -2.14. The van der Waals surface area contributed by atoms with Crippen molar-refractivity contribution in [2.45, 2.75) is 24.7 Å². The average Bonchev–Trinajstić information content (AvgIpc) is 3.40. The number of carbonyl (C=O) groups excluding carboxylic acids is 1. The average molecular weight is 452 g/mol. The highest BCUT2D eigenvalue weighted by molar-refractivity contribution is 6.32. The van der Waals surface area contributed by atoms with Gasteiger partial charge in [-0.25, -0.2) is 13.6 Å². The van der Waals surface area contributed by atoms with Crippen molar-refractivity contribution in [2.75, 3.05) is 0 Å². The van der Waals surface area contributed by atoms with Gasteiger partial charge in [0.05, 0.1) is 10.6 Å². The molecule has 30 heavy (non-hydrogen) atoms. The lowest BCUT2D eigenvalue weighted by molar-refractivity contribution is -0.274. The zero-order valence-electron chi connectivity index (χ0n) is 14.6. The molecule has 0 aliphatic heterocycles. The van der Waals surface area contributed by atoms with Crippen molar-refractivity contribution in [2.24, 2.45) is 0 Å². The van der Waals surface area contributed by atoms with Crippen molar-refractivity contribution in [3.05, 3.63) is 52.6 Å². The number of carbonyl (C=O) groups is 2. The van der Waals surface area contributed by atoms with Crippen molar-refractivity contribution < 1.29 is 46.1 Å². The van der Waals surface area contributed by atoms with Crippen LogP contribution in [0.25, 0.3) is 0 Å². The smallest absolute Gasteiger partial charge is 0.480 e. The van der Waals surface area contributed by atoms with Crippen LogP contribution in [-0.2, 0) is 4.79 Å². The van der Waals surface area contributed by atoms with Crippen LogP contribution in [-0.4, -0.2) is 28.9 Å². The van der Waals surface area contributed by atoms with Crippen molar-refractivity contribution >= 4 is 23.5 Å². The van der Waals surface area contributed by atoms with Crippen molar-refractivity contribution in [3.8, 4) is 17.2 Å². The number of carboxylic acids is 1. The predicted molar refractivity (Wildman–Crippen MR) is 91.6 cm³/mol. The number of ether oxygens (including phenoxy) is 2. The first kappa shape index (κ1) is 21.6. The Balaban J connectivity index is 1.78. The van der Waals surface area contributed by atoms with Gasteiger partial charge in [0.15, 0.2) is 11.6 Å². The van der Waals surface area contributed by atoms with Gasteiger partial charge in [-0.3, -0.25) is 4.79 Å². The van der Waals surface area contributed by atoms with Gasteiger partial charge in [0, 0.05) is 12.1 Å². The summed E-state index contributed by atoms with van der Waals surface area (Å²) in [4.78, 5) is 23.2. The molecule has 6 nitrogen and oxygen atoms in total. The Hall–Kier alpha value is -3.08. The molecular formula is C18H11ClF5NO5. The van der Waals surface area contributed by atoms with Crippen LogP contribution in [0, 0.1) is 11.6 Å². The van der Waals surface area contributed by atoms with E-state index >= 15 is 0 Å². The molecule has 0 radical (unpaired) electrons. The fourth-order valence-corrected chi connectivity index (χ4v) is 2.67. The van der Waals surface area contributed by atoms with E-state index in [9.17, 15) is 31.5 Å². The Morgan fingerprint density at radius 1 is 1.07 bits per heavy atom. The van der Waals surface area contributed by atoms with Gasteiger partial charge in [-0.2, -0.15) is 0 Å². The predicted octanol–water partition coefficient (Wildman–Crippen LogP) is 4.66. The molecule has 12 heteroatoms. The van der Waals surface area contributed by atoms with Gasteiger partial charge in [-0.05, 0) is 31.0 Å². The molecule has 0 aromatic heterocycles. The monoisotopic (exact) mass is 451 g/mol. The van der Waals surface area contributed by atoms with Crippen molar-refractivity contribution in [1.82, 2.24) is 5.32 Å². The molecule has 0 atom stereocenters. The Morgan fingerprint density at radius 2 is 1.73 bits per heavy atom. The molecule has 1 saturated carbocycles. The fraction of sp³-hybridized carbons (Fsp3) is 0.222. The molecular weight excluding hydrogens is 441 g/mol. The largest absolute Gasteiger partial charge is 0.573 e. The summed E-state index contributed by atoms with van der Waals surface area (Å²) in [5, 5.41) is 10.7. The third-order valence-corrected chi connectivity index (χ3v) is 4.43. The van der Waals surface area contributed by atoms with E-state index in [1.807, 2.05) is 0 Å². The molecule has 1 aliphatic carbocycles. The first-order chi connectivity index (χ1) is 13.9. The molecule has 3 rings (SSSR count). The Kier molecular flexibility index (Phi) is 5.50. The number of nitrogens with one attached hydrogen (secondary N) is 1. The van der Waals surface area contributed by atoms with Crippen LogP contribution in [0.1, 0.15) is 23.2 Å². The molecule has 1 amide bonds. The van der Waals surface area contributed by atoms with Crippen molar-refractivity contribution in [3.63, 3.8) is 0 Å². The molecule has 0 saturated heterocycles. The molecule has 2 aromatic carbocycles. The summed E-state index contributed by atoms with van der Waals surface area (Å²) >= 11 is 5.66. The second kappa shape index (κ2) is 7.63. The zero-order chi connectivity index (χ0) is 22.3. The van der Waals surface area contributed by atoms with Gasteiger partial charge >= 0.3 is 12.3 Å². The number of hydrogen-bond donors (Lipinski definition) is 2. The maximum absolute atomic E-state index is 14.3. The van der Waals surface area contributed by atoms with Crippen LogP contribution in [0.5, 0.6) is 17.2 Å². The summed E-state index contributed by atoms with van der Waals surface area (Å²) in [7, 11) is 0. The molecule has 0 heterocycles. The second-order valence-electron chi connectivity index (χ2n) is 6.35. The summed E-state index contributed by atoms with van der Waals surface area (Å²) in [6.45, 7) is 0. The van der Waals surface area contributed by atoms with E-state index in [1.165, 1.54) is 0 Å². The summed E-state index contributed by atoms with van der Waals surface area (Å²) in [6, 6.07) is 3.75. The van der Waals surface area contributed by atoms with E-state index in [4.69, 9.17) is 21.4 Å². The van der Waals surface area contributed by atoms with Gasteiger partial charge in [-0.1, -0.05) is 11.6 Å². The third kappa shape index (κ3) is 4.73. The van der Waals surface area contributed by atoms with Crippen LogP contribution in [0.4, 0.5) is 22.0 Å². The normalized spacial score (nSPS) is 14.7. The van der Waals surface area contributed by atoms with E-state index in [2.05, 4.69) is 10.1 Å². The quantitative estimate of drug-likeness (QED) is 0.624. The minimum absolute atomic E-state index is 0.161. The van der Waals surface area contributed by atoms with Crippen LogP contribution in [0.2, 0.25) is 5.02 Å². The standard InChI is InChI=1S/C18H11ClF5NO5/c19-10-5-8(1-2-13(10)30-18(22,23)24)29-14-7-11(20)9(6-12(14)21)15(26)25-17(3-4-17)16(27)28/h1-2,5-7H,3-4H2,(H,25,26)(H,27,28). The summed E-state index contributed by atoms with van der Waals surface area (Å²) < 4.78 is 74.1. The molecule has 1 fully saturated rings. The molecule has 160 valence electrons. The SMILES string of the molecule is O=C(NC1(C(=O)O)CC1)c1cc(F)c(Oc2ccc(OC(F)(F)F)c(Cl)c2)cc1F. The lowest BCUT2D eigenvalue weighted by atomic mass is 10.1. The van der Waals surface area contributed by atoms with E-state index in [0.717, 1.165) is 18.2 Å². The Bertz CT molecular complexity index is 1020. The maximum Gasteiger partial charge on any atom is 0.573 e. The van der Waals surface area contributed by atoms with Gasteiger partial charge in [0.25, 0.3) is 5.91 Å². The van der Waals surface area contributed by atoms with E-state index < -0.39 is 57.5 Å². The van der Waals surface area contributed by atoms with Crippen LogP contribution < -0.4 is 14.8 Å². The summed E-state index contributed by atoms with van der Waals surface area (Å²) in [6.07, 6.45) is -4.65.